The maximum atomic E-state index is 5.39. The van der Waals surface area contributed by atoms with Gasteiger partial charge in [-0.05, 0) is 19.8 Å². The second-order valence-corrected chi connectivity index (χ2v) is 3.77. The minimum Gasteiger partial charge on any atom is -0.380 e. The molecule has 4 nitrogen and oxygen atoms in total. The number of aromatic amines is 1. The molecule has 0 aromatic carbocycles. The maximum Gasteiger partial charge on any atom is 0.0925 e. The highest BCUT2D eigenvalue weighted by Crippen LogP contribution is 2.07. The molecule has 2 rings (SSSR count). The third-order valence-corrected chi connectivity index (χ3v) is 2.65. The van der Waals surface area contributed by atoms with Crippen LogP contribution in [0.25, 0.3) is 0 Å². The first-order chi connectivity index (χ1) is 6.86. The minimum absolute atomic E-state index is 0.500. The number of imidazole rings is 1. The molecule has 1 aliphatic rings. The van der Waals surface area contributed by atoms with Crippen LogP contribution in [0.5, 0.6) is 0 Å². The number of ether oxygens (including phenoxy) is 1. The molecule has 0 amide bonds. The van der Waals surface area contributed by atoms with Gasteiger partial charge in [0.15, 0.2) is 0 Å². The first-order valence-electron chi connectivity index (χ1n) is 5.16. The number of nitrogens with one attached hydrogen (secondary N) is 2. The predicted molar refractivity (Wildman–Crippen MR) is 54.0 cm³/mol. The van der Waals surface area contributed by atoms with E-state index in [2.05, 4.69) is 15.3 Å². The molecule has 0 aliphatic carbocycles. The highest BCUT2D eigenvalue weighted by atomic mass is 16.5. The monoisotopic (exact) mass is 195 g/mol. The molecule has 78 valence electrons. The fourth-order valence-corrected chi connectivity index (χ4v) is 1.71. The van der Waals surface area contributed by atoms with Crippen LogP contribution in [0.2, 0.25) is 0 Å². The summed E-state index contributed by atoms with van der Waals surface area (Å²) in [4.78, 5) is 7.32. The summed E-state index contributed by atoms with van der Waals surface area (Å²) in [7, 11) is 0. The number of hydrogen-bond acceptors (Lipinski definition) is 3. The Morgan fingerprint density at radius 1 is 1.71 bits per heavy atom. The summed E-state index contributed by atoms with van der Waals surface area (Å²) >= 11 is 0. The zero-order valence-corrected chi connectivity index (χ0v) is 8.55. The molecule has 1 saturated heterocycles. The fraction of sp³-hybridized carbons (Fsp3) is 0.700. The highest BCUT2D eigenvalue weighted by Gasteiger charge is 2.13. The van der Waals surface area contributed by atoms with Crippen molar-refractivity contribution in [2.75, 3.05) is 13.2 Å². The molecule has 1 aromatic heterocycles. The lowest BCUT2D eigenvalue weighted by Gasteiger charge is -2.22. The van der Waals surface area contributed by atoms with Gasteiger partial charge < -0.3 is 15.0 Å². The van der Waals surface area contributed by atoms with Crippen LogP contribution in [0.1, 0.15) is 24.2 Å². The van der Waals surface area contributed by atoms with E-state index in [9.17, 15) is 0 Å². The van der Waals surface area contributed by atoms with Gasteiger partial charge in [0.05, 0.1) is 18.6 Å². The molecule has 4 heteroatoms. The van der Waals surface area contributed by atoms with E-state index in [0.717, 1.165) is 37.6 Å². The molecule has 1 aliphatic heterocycles. The van der Waals surface area contributed by atoms with E-state index in [-0.39, 0.29) is 0 Å². The molecule has 0 spiro atoms. The second-order valence-electron chi connectivity index (χ2n) is 3.77. The van der Waals surface area contributed by atoms with E-state index in [1.807, 2.05) is 6.92 Å². The van der Waals surface area contributed by atoms with Crippen molar-refractivity contribution >= 4 is 0 Å². The Hall–Kier alpha value is -0.870. The predicted octanol–water partition coefficient (Wildman–Crippen LogP) is 0.987. The SMILES string of the molecule is Cc1[nH]cnc1CNC1CCCOC1. The number of hydrogen-bond donors (Lipinski definition) is 2. The summed E-state index contributed by atoms with van der Waals surface area (Å²) in [6.45, 7) is 4.63. The number of nitrogens with zero attached hydrogens (tertiary/aromatic N) is 1. The van der Waals surface area contributed by atoms with Gasteiger partial charge in [0.2, 0.25) is 0 Å². The van der Waals surface area contributed by atoms with Crippen LogP contribution >= 0.6 is 0 Å². The van der Waals surface area contributed by atoms with Gasteiger partial charge in [-0.1, -0.05) is 0 Å². The lowest BCUT2D eigenvalue weighted by Crippen LogP contribution is -2.36. The third-order valence-electron chi connectivity index (χ3n) is 2.65. The van der Waals surface area contributed by atoms with Crippen LogP contribution in [0.15, 0.2) is 6.33 Å². The van der Waals surface area contributed by atoms with Gasteiger partial charge >= 0.3 is 0 Å². The zero-order valence-electron chi connectivity index (χ0n) is 8.55. The van der Waals surface area contributed by atoms with Crippen molar-refractivity contribution < 1.29 is 4.74 Å². The molecule has 0 bridgehead atoms. The molecular formula is C10H17N3O. The van der Waals surface area contributed by atoms with Crippen molar-refractivity contribution in [3.63, 3.8) is 0 Å². The van der Waals surface area contributed by atoms with E-state index in [0.29, 0.717) is 6.04 Å². The third kappa shape index (κ3) is 2.33. The van der Waals surface area contributed by atoms with Crippen molar-refractivity contribution in [3.05, 3.63) is 17.7 Å². The van der Waals surface area contributed by atoms with Gasteiger partial charge in [0, 0.05) is 24.9 Å². The first kappa shape index (κ1) is 9.68. The average molecular weight is 195 g/mol. The summed E-state index contributed by atoms with van der Waals surface area (Å²) in [5, 5.41) is 3.46. The smallest absolute Gasteiger partial charge is 0.0925 e. The van der Waals surface area contributed by atoms with Crippen LogP contribution in [-0.4, -0.2) is 29.2 Å². The van der Waals surface area contributed by atoms with Gasteiger partial charge in [-0.25, -0.2) is 4.98 Å². The van der Waals surface area contributed by atoms with Gasteiger partial charge in [-0.3, -0.25) is 0 Å². The normalized spacial score (nSPS) is 22.5. The van der Waals surface area contributed by atoms with Crippen LogP contribution in [-0.2, 0) is 11.3 Å². The largest absolute Gasteiger partial charge is 0.380 e. The zero-order chi connectivity index (χ0) is 9.80. The summed E-state index contributed by atoms with van der Waals surface area (Å²) in [6.07, 6.45) is 4.12. The molecule has 1 aromatic rings. The number of aryl methyl sites for hydroxylation is 1. The highest BCUT2D eigenvalue weighted by molar-refractivity contribution is 5.08. The van der Waals surface area contributed by atoms with Crippen LogP contribution in [0, 0.1) is 6.92 Å². The molecule has 14 heavy (non-hydrogen) atoms. The van der Waals surface area contributed by atoms with Crippen molar-refractivity contribution in [2.24, 2.45) is 0 Å². The maximum absolute atomic E-state index is 5.39. The number of aromatic nitrogens is 2. The Labute approximate surface area is 84.1 Å². The molecule has 1 atom stereocenters. The quantitative estimate of drug-likeness (QED) is 0.756. The molecule has 2 N–H and O–H groups in total. The topological polar surface area (TPSA) is 49.9 Å². The molecule has 2 heterocycles. The van der Waals surface area contributed by atoms with E-state index in [4.69, 9.17) is 4.74 Å². The lowest BCUT2D eigenvalue weighted by atomic mass is 10.1. The molecule has 0 saturated carbocycles. The van der Waals surface area contributed by atoms with Crippen molar-refractivity contribution in [1.82, 2.24) is 15.3 Å². The van der Waals surface area contributed by atoms with E-state index < -0.39 is 0 Å². The molecule has 1 unspecified atom stereocenters. The van der Waals surface area contributed by atoms with Gasteiger partial charge in [-0.15, -0.1) is 0 Å². The van der Waals surface area contributed by atoms with Crippen LogP contribution in [0.3, 0.4) is 0 Å². The Kier molecular flexibility index (Phi) is 3.16. The Balaban J connectivity index is 1.79. The summed E-state index contributed by atoms with van der Waals surface area (Å²) in [5.74, 6) is 0. The number of H-pyrrole nitrogens is 1. The first-order valence-corrected chi connectivity index (χ1v) is 5.16. The van der Waals surface area contributed by atoms with Crippen molar-refractivity contribution in [3.8, 4) is 0 Å². The summed E-state index contributed by atoms with van der Waals surface area (Å²) < 4.78 is 5.39. The average Bonchev–Trinajstić information content (AvgIpc) is 2.63. The molecule has 1 fully saturated rings. The standard InChI is InChI=1S/C10H17N3O/c1-8-10(13-7-12-8)5-11-9-3-2-4-14-6-9/h7,9,11H,2-6H2,1H3,(H,12,13). The van der Waals surface area contributed by atoms with E-state index >= 15 is 0 Å². The van der Waals surface area contributed by atoms with Crippen molar-refractivity contribution in [1.29, 1.82) is 0 Å². The summed E-state index contributed by atoms with van der Waals surface area (Å²) in [5.41, 5.74) is 2.25. The van der Waals surface area contributed by atoms with Crippen LogP contribution in [0.4, 0.5) is 0 Å². The Morgan fingerprint density at radius 2 is 2.64 bits per heavy atom. The fourth-order valence-electron chi connectivity index (χ4n) is 1.71. The van der Waals surface area contributed by atoms with Gasteiger partial charge in [0.1, 0.15) is 0 Å². The minimum atomic E-state index is 0.500. The van der Waals surface area contributed by atoms with Crippen LogP contribution < -0.4 is 5.32 Å². The van der Waals surface area contributed by atoms with Gasteiger partial charge in [-0.2, -0.15) is 0 Å². The second kappa shape index (κ2) is 4.57. The molecular weight excluding hydrogens is 178 g/mol. The lowest BCUT2D eigenvalue weighted by molar-refractivity contribution is 0.0698. The molecule has 0 radical (unpaired) electrons. The summed E-state index contributed by atoms with van der Waals surface area (Å²) in [6, 6.07) is 0.500. The Bertz CT molecular complexity index is 279. The van der Waals surface area contributed by atoms with Crippen molar-refractivity contribution in [2.45, 2.75) is 32.4 Å². The number of rotatable bonds is 3. The van der Waals surface area contributed by atoms with E-state index in [1.165, 1.54) is 6.42 Å². The van der Waals surface area contributed by atoms with Gasteiger partial charge in [0.25, 0.3) is 0 Å². The van der Waals surface area contributed by atoms with E-state index in [1.54, 1.807) is 6.33 Å². The Morgan fingerprint density at radius 3 is 3.29 bits per heavy atom.